The zero-order valence-electron chi connectivity index (χ0n) is 15.3. The van der Waals surface area contributed by atoms with Crippen LogP contribution in [0.15, 0.2) is 46.2 Å². The monoisotopic (exact) mass is 451 g/mol. The molecule has 0 saturated carbocycles. The van der Waals surface area contributed by atoms with Crippen LogP contribution in [0.25, 0.3) is 0 Å². The molecule has 0 fully saturated rings. The summed E-state index contributed by atoms with van der Waals surface area (Å²) in [6.45, 7) is 3.05. The van der Waals surface area contributed by atoms with E-state index in [1.807, 2.05) is 0 Å². The van der Waals surface area contributed by atoms with Gasteiger partial charge in [-0.25, -0.2) is 0 Å². The highest BCUT2D eigenvalue weighted by Crippen LogP contribution is 2.44. The highest BCUT2D eigenvalue weighted by Gasteiger charge is 2.37. The Morgan fingerprint density at radius 2 is 1.82 bits per heavy atom. The zero-order chi connectivity index (χ0) is 21.1. The minimum atomic E-state index is -4.56. The van der Waals surface area contributed by atoms with E-state index in [2.05, 4.69) is 0 Å². The van der Waals surface area contributed by atoms with Crippen LogP contribution >= 0.6 is 23.4 Å². The van der Waals surface area contributed by atoms with E-state index < -0.39 is 27.8 Å². The molecular weight excluding hydrogens is 431 g/mol. The van der Waals surface area contributed by atoms with E-state index in [4.69, 9.17) is 16.7 Å². The summed E-state index contributed by atoms with van der Waals surface area (Å²) < 4.78 is 51.8. The number of nitrogens with two attached hydrogens (primary N) is 1. The first-order valence-electron chi connectivity index (χ1n) is 8.39. The average Bonchev–Trinajstić information content (AvgIpc) is 2.61. The SMILES string of the molecule is CC(C)(CCc1c(C(F)(F)F)ccc(Cl)c1Sc1ccccc1CO)[S+](N)[O-]. The van der Waals surface area contributed by atoms with Crippen LogP contribution in [0.1, 0.15) is 37.0 Å². The van der Waals surface area contributed by atoms with Crippen LogP contribution < -0.4 is 5.14 Å². The molecule has 1 atom stereocenters. The summed E-state index contributed by atoms with van der Waals surface area (Å²) in [5.41, 5.74) is -0.147. The number of hydrogen-bond donors (Lipinski definition) is 2. The summed E-state index contributed by atoms with van der Waals surface area (Å²) in [4.78, 5) is 0.894. The summed E-state index contributed by atoms with van der Waals surface area (Å²) in [5.74, 6) is 0. The molecule has 2 rings (SSSR count). The normalized spacial score (nSPS) is 13.6. The van der Waals surface area contributed by atoms with Crippen LogP contribution in [0, 0.1) is 0 Å². The van der Waals surface area contributed by atoms with Crippen molar-refractivity contribution in [2.24, 2.45) is 5.14 Å². The number of hydrogen-bond acceptors (Lipinski definition) is 4. The van der Waals surface area contributed by atoms with Gasteiger partial charge in [0.1, 0.15) is 4.75 Å². The van der Waals surface area contributed by atoms with Crippen LogP contribution in [-0.2, 0) is 30.6 Å². The number of rotatable bonds is 7. The zero-order valence-corrected chi connectivity index (χ0v) is 17.7. The molecule has 0 aliphatic rings. The summed E-state index contributed by atoms with van der Waals surface area (Å²) in [6.07, 6.45) is -4.36. The highest BCUT2D eigenvalue weighted by molar-refractivity contribution is 7.99. The molecule has 3 N–H and O–H groups in total. The lowest BCUT2D eigenvalue weighted by Crippen LogP contribution is -2.38. The first kappa shape index (κ1) is 23.4. The second-order valence-electron chi connectivity index (χ2n) is 6.83. The van der Waals surface area contributed by atoms with E-state index in [1.54, 1.807) is 38.1 Å². The first-order valence-corrected chi connectivity index (χ1v) is 10.8. The molecule has 2 aromatic carbocycles. The van der Waals surface area contributed by atoms with E-state index in [0.717, 1.165) is 17.8 Å². The van der Waals surface area contributed by atoms with Gasteiger partial charge in [-0.3, -0.25) is 0 Å². The molecule has 0 spiro atoms. The van der Waals surface area contributed by atoms with Gasteiger partial charge in [0, 0.05) is 27.6 Å². The quantitative estimate of drug-likeness (QED) is 0.558. The molecule has 0 bridgehead atoms. The Bertz CT molecular complexity index is 829. The second kappa shape index (κ2) is 9.28. The van der Waals surface area contributed by atoms with E-state index in [-0.39, 0.29) is 34.9 Å². The molecule has 28 heavy (non-hydrogen) atoms. The number of halogens is 4. The molecule has 0 heterocycles. The van der Waals surface area contributed by atoms with Crippen LogP contribution in [-0.4, -0.2) is 14.4 Å². The van der Waals surface area contributed by atoms with Gasteiger partial charge in [0.05, 0.1) is 17.2 Å². The number of benzene rings is 2. The van der Waals surface area contributed by atoms with E-state index in [9.17, 15) is 22.8 Å². The Hall–Kier alpha value is -0.900. The van der Waals surface area contributed by atoms with Crippen LogP contribution in [0.3, 0.4) is 0 Å². The molecule has 0 aliphatic carbocycles. The van der Waals surface area contributed by atoms with E-state index in [0.29, 0.717) is 10.5 Å². The fraction of sp³-hybridized carbons (Fsp3) is 0.368. The average molecular weight is 452 g/mol. The predicted octanol–water partition coefficient (Wildman–Crippen LogP) is 5.34. The second-order valence-corrected chi connectivity index (χ2v) is 9.98. The lowest BCUT2D eigenvalue weighted by Gasteiger charge is -2.26. The maximum Gasteiger partial charge on any atom is 0.416 e. The third-order valence-electron chi connectivity index (χ3n) is 4.39. The molecule has 9 heteroatoms. The van der Waals surface area contributed by atoms with Gasteiger partial charge in [-0.2, -0.15) is 18.3 Å². The Balaban J connectivity index is 2.54. The lowest BCUT2D eigenvalue weighted by molar-refractivity contribution is -0.138. The Morgan fingerprint density at radius 1 is 1.18 bits per heavy atom. The van der Waals surface area contributed by atoms with Gasteiger partial charge >= 0.3 is 6.18 Å². The standard InChI is InChI=1S/C19H21ClF3NO2S2/c1-18(2,28(24)26)10-9-13-14(19(21,22)23)7-8-15(20)17(13)27-16-6-4-3-5-12(16)11-25/h3-8,25H,9-11,24H2,1-2H3. The van der Waals surface area contributed by atoms with E-state index in [1.165, 1.54) is 6.07 Å². The minimum Gasteiger partial charge on any atom is -0.598 e. The van der Waals surface area contributed by atoms with Crippen molar-refractivity contribution in [3.8, 4) is 0 Å². The molecule has 1 unspecified atom stereocenters. The molecule has 0 aliphatic heterocycles. The van der Waals surface area contributed by atoms with Gasteiger partial charge in [-0.05, 0) is 49.6 Å². The molecule has 154 valence electrons. The topological polar surface area (TPSA) is 69.3 Å². The van der Waals surface area contributed by atoms with Crippen molar-refractivity contribution in [1.29, 1.82) is 0 Å². The van der Waals surface area contributed by atoms with Crippen molar-refractivity contribution in [1.82, 2.24) is 0 Å². The molecule has 0 saturated heterocycles. The Labute approximate surface area is 174 Å². The van der Waals surface area contributed by atoms with Gasteiger partial charge in [0.2, 0.25) is 0 Å². The number of aliphatic hydroxyl groups is 1. The smallest absolute Gasteiger partial charge is 0.416 e. The highest BCUT2D eigenvalue weighted by atomic mass is 35.5. The van der Waals surface area contributed by atoms with Gasteiger partial charge in [-0.1, -0.05) is 41.6 Å². The predicted molar refractivity (Wildman–Crippen MR) is 108 cm³/mol. The summed E-state index contributed by atoms with van der Waals surface area (Å²) >= 11 is 5.67. The summed E-state index contributed by atoms with van der Waals surface area (Å²) in [7, 11) is 0. The van der Waals surface area contributed by atoms with Crippen LogP contribution in [0.2, 0.25) is 5.02 Å². The summed E-state index contributed by atoms with van der Waals surface area (Å²) in [5, 5.41) is 15.2. The maximum absolute atomic E-state index is 13.6. The van der Waals surface area contributed by atoms with Gasteiger partial charge < -0.3 is 9.66 Å². The van der Waals surface area contributed by atoms with Crippen molar-refractivity contribution in [2.75, 3.05) is 0 Å². The van der Waals surface area contributed by atoms with Crippen molar-refractivity contribution < 1.29 is 22.8 Å². The summed E-state index contributed by atoms with van der Waals surface area (Å²) in [6, 6.07) is 9.09. The molecule has 0 radical (unpaired) electrons. The van der Waals surface area contributed by atoms with Crippen molar-refractivity contribution in [3.63, 3.8) is 0 Å². The van der Waals surface area contributed by atoms with Gasteiger partial charge in [0.15, 0.2) is 0 Å². The number of alkyl halides is 3. The maximum atomic E-state index is 13.6. The van der Waals surface area contributed by atoms with Gasteiger partial charge in [0.25, 0.3) is 0 Å². The van der Waals surface area contributed by atoms with Crippen molar-refractivity contribution in [3.05, 3.63) is 58.1 Å². The van der Waals surface area contributed by atoms with Crippen molar-refractivity contribution >= 4 is 34.7 Å². The lowest BCUT2D eigenvalue weighted by atomic mass is 9.97. The molecule has 0 aromatic heterocycles. The van der Waals surface area contributed by atoms with E-state index >= 15 is 0 Å². The first-order chi connectivity index (χ1) is 13.0. The Kier molecular flexibility index (Phi) is 7.75. The molecule has 0 amide bonds. The molecular formula is C19H21ClF3NO2S2. The van der Waals surface area contributed by atoms with Gasteiger partial charge in [-0.15, -0.1) is 0 Å². The molecule has 2 aromatic rings. The third kappa shape index (κ3) is 5.58. The fourth-order valence-electron chi connectivity index (χ4n) is 2.59. The van der Waals surface area contributed by atoms with Crippen molar-refractivity contribution in [2.45, 2.75) is 54.0 Å². The fourth-order valence-corrected chi connectivity index (χ4v) is 4.32. The number of aliphatic hydroxyl groups excluding tert-OH is 1. The third-order valence-corrected chi connectivity index (χ3v) is 7.40. The minimum absolute atomic E-state index is 0.00890. The van der Waals surface area contributed by atoms with Crippen LogP contribution in [0.5, 0.6) is 0 Å². The Morgan fingerprint density at radius 3 is 2.39 bits per heavy atom. The largest absolute Gasteiger partial charge is 0.598 e. The van der Waals surface area contributed by atoms with Crippen LogP contribution in [0.4, 0.5) is 13.2 Å². The molecule has 3 nitrogen and oxygen atoms in total.